The average molecular weight is 314 g/mol. The molecule has 6 heteroatoms. The molecule has 0 saturated heterocycles. The molecule has 0 fully saturated rings. The van der Waals surface area contributed by atoms with Gasteiger partial charge in [-0.15, -0.1) is 0 Å². The number of nitrogens with two attached hydrogens (primary N) is 1. The fourth-order valence-corrected chi connectivity index (χ4v) is 2.32. The van der Waals surface area contributed by atoms with E-state index < -0.39 is 0 Å². The second kappa shape index (κ2) is 7.09. The number of hydrogen-bond acceptors (Lipinski definition) is 4. The zero-order chi connectivity index (χ0) is 17.0. The minimum absolute atomic E-state index is 0.0722. The molecule has 23 heavy (non-hydrogen) atoms. The van der Waals surface area contributed by atoms with Gasteiger partial charge >= 0.3 is 0 Å². The average Bonchev–Trinajstić information content (AvgIpc) is 2.54. The van der Waals surface area contributed by atoms with Crippen molar-refractivity contribution in [3.05, 3.63) is 57.0 Å². The minimum atomic E-state index is -0.273. The van der Waals surface area contributed by atoms with E-state index in [-0.39, 0.29) is 24.0 Å². The van der Waals surface area contributed by atoms with Crippen molar-refractivity contribution in [3.63, 3.8) is 0 Å². The zero-order valence-electron chi connectivity index (χ0n) is 13.7. The molecule has 0 aliphatic rings. The number of hydrogen-bond donors (Lipinski definition) is 2. The summed E-state index contributed by atoms with van der Waals surface area (Å²) in [6.45, 7) is 5.90. The molecule has 1 aromatic heterocycles. The van der Waals surface area contributed by atoms with E-state index in [1.54, 1.807) is 6.92 Å². The summed E-state index contributed by atoms with van der Waals surface area (Å²) >= 11 is 0. The van der Waals surface area contributed by atoms with Crippen LogP contribution in [-0.2, 0) is 24.3 Å². The maximum atomic E-state index is 12.3. The SMILES string of the molecule is CCc1nc(N)n(CC(=O)NCc2ccc(C)cc2)c(=O)c1C. The molecule has 1 heterocycles. The summed E-state index contributed by atoms with van der Waals surface area (Å²) in [5, 5.41) is 2.79. The number of nitrogen functional groups attached to an aromatic ring is 1. The van der Waals surface area contributed by atoms with E-state index in [0.717, 1.165) is 11.1 Å². The quantitative estimate of drug-likeness (QED) is 0.871. The minimum Gasteiger partial charge on any atom is -0.369 e. The number of anilines is 1. The van der Waals surface area contributed by atoms with Gasteiger partial charge in [0, 0.05) is 12.1 Å². The van der Waals surface area contributed by atoms with Gasteiger partial charge in [-0.2, -0.15) is 0 Å². The standard InChI is InChI=1S/C17H22N4O2/c1-4-14-12(3)16(23)21(17(18)20-14)10-15(22)19-9-13-7-5-11(2)6-8-13/h5-8H,4,9-10H2,1-3H3,(H2,18,20)(H,19,22). The number of nitrogens with zero attached hydrogens (tertiary/aromatic N) is 2. The van der Waals surface area contributed by atoms with Gasteiger partial charge in [-0.1, -0.05) is 36.8 Å². The monoisotopic (exact) mass is 314 g/mol. The molecule has 1 aromatic carbocycles. The van der Waals surface area contributed by atoms with E-state index >= 15 is 0 Å². The highest BCUT2D eigenvalue weighted by Crippen LogP contribution is 2.05. The van der Waals surface area contributed by atoms with Gasteiger partial charge in [0.05, 0.1) is 5.69 Å². The highest BCUT2D eigenvalue weighted by atomic mass is 16.2. The van der Waals surface area contributed by atoms with Crippen molar-refractivity contribution in [1.29, 1.82) is 0 Å². The van der Waals surface area contributed by atoms with Crippen molar-refractivity contribution < 1.29 is 4.79 Å². The van der Waals surface area contributed by atoms with Crippen LogP contribution in [-0.4, -0.2) is 15.5 Å². The molecule has 6 nitrogen and oxygen atoms in total. The van der Waals surface area contributed by atoms with Gasteiger partial charge in [-0.25, -0.2) is 4.98 Å². The van der Waals surface area contributed by atoms with Crippen molar-refractivity contribution in [2.24, 2.45) is 0 Å². The maximum Gasteiger partial charge on any atom is 0.258 e. The molecule has 0 spiro atoms. The number of nitrogens with one attached hydrogen (secondary N) is 1. The number of benzene rings is 1. The van der Waals surface area contributed by atoms with Crippen LogP contribution in [0.2, 0.25) is 0 Å². The van der Waals surface area contributed by atoms with Crippen molar-refractivity contribution >= 4 is 11.9 Å². The number of aryl methyl sites for hydroxylation is 2. The molecule has 0 aliphatic carbocycles. The molecular formula is C17H22N4O2. The fourth-order valence-electron chi connectivity index (χ4n) is 2.32. The van der Waals surface area contributed by atoms with Crippen molar-refractivity contribution in [2.75, 3.05) is 5.73 Å². The summed E-state index contributed by atoms with van der Waals surface area (Å²) in [5.41, 5.74) is 8.92. The van der Waals surface area contributed by atoms with Crippen molar-refractivity contribution in [3.8, 4) is 0 Å². The van der Waals surface area contributed by atoms with Crippen LogP contribution in [0.4, 0.5) is 5.95 Å². The molecule has 1 amide bonds. The Balaban J connectivity index is 2.07. The number of aromatic nitrogens is 2. The molecule has 0 aliphatic heterocycles. The molecule has 0 bridgehead atoms. The molecule has 0 saturated carbocycles. The van der Waals surface area contributed by atoms with E-state index in [2.05, 4.69) is 10.3 Å². The summed E-state index contributed by atoms with van der Waals surface area (Å²) in [6.07, 6.45) is 0.631. The molecule has 3 N–H and O–H groups in total. The van der Waals surface area contributed by atoms with Crippen molar-refractivity contribution in [2.45, 2.75) is 40.3 Å². The van der Waals surface area contributed by atoms with Crippen LogP contribution in [0, 0.1) is 13.8 Å². The Morgan fingerprint density at radius 2 is 1.91 bits per heavy atom. The molecule has 2 rings (SSSR count). The lowest BCUT2D eigenvalue weighted by Crippen LogP contribution is -2.35. The summed E-state index contributed by atoms with van der Waals surface area (Å²) in [6, 6.07) is 7.89. The second-order valence-electron chi connectivity index (χ2n) is 5.55. The smallest absolute Gasteiger partial charge is 0.258 e. The van der Waals surface area contributed by atoms with Crippen molar-refractivity contribution in [1.82, 2.24) is 14.9 Å². The van der Waals surface area contributed by atoms with E-state index in [9.17, 15) is 9.59 Å². The fraction of sp³-hybridized carbons (Fsp3) is 0.353. The Labute approximate surface area is 135 Å². The first-order valence-electron chi connectivity index (χ1n) is 7.60. The van der Waals surface area contributed by atoms with Gasteiger partial charge in [-0.05, 0) is 25.8 Å². The Bertz CT molecular complexity index is 763. The van der Waals surface area contributed by atoms with Crippen LogP contribution in [0.5, 0.6) is 0 Å². The highest BCUT2D eigenvalue weighted by molar-refractivity contribution is 5.76. The molecule has 0 radical (unpaired) electrons. The van der Waals surface area contributed by atoms with Crippen LogP contribution in [0.1, 0.15) is 29.3 Å². The first-order valence-corrected chi connectivity index (χ1v) is 7.60. The van der Waals surface area contributed by atoms with E-state index in [1.165, 1.54) is 4.57 Å². The van der Waals surface area contributed by atoms with Crippen LogP contribution in [0.15, 0.2) is 29.1 Å². The lowest BCUT2D eigenvalue weighted by molar-refractivity contribution is -0.121. The van der Waals surface area contributed by atoms with E-state index in [1.807, 2.05) is 38.1 Å². The largest absolute Gasteiger partial charge is 0.369 e. The van der Waals surface area contributed by atoms with Gasteiger partial charge in [0.15, 0.2) is 0 Å². The van der Waals surface area contributed by atoms with Gasteiger partial charge in [0.1, 0.15) is 6.54 Å². The normalized spacial score (nSPS) is 10.6. The first kappa shape index (κ1) is 16.7. The molecular weight excluding hydrogens is 292 g/mol. The maximum absolute atomic E-state index is 12.3. The summed E-state index contributed by atoms with van der Waals surface area (Å²) < 4.78 is 1.21. The van der Waals surface area contributed by atoms with Gasteiger partial charge in [0.25, 0.3) is 5.56 Å². The molecule has 0 atom stereocenters. The Hall–Kier alpha value is -2.63. The third-order valence-electron chi connectivity index (χ3n) is 3.77. The van der Waals surface area contributed by atoms with Gasteiger partial charge in [-0.3, -0.25) is 14.2 Å². The number of carbonyl (C=O) groups excluding carboxylic acids is 1. The lowest BCUT2D eigenvalue weighted by Gasteiger charge is -2.12. The van der Waals surface area contributed by atoms with Gasteiger partial charge < -0.3 is 11.1 Å². The highest BCUT2D eigenvalue weighted by Gasteiger charge is 2.13. The Morgan fingerprint density at radius 1 is 1.26 bits per heavy atom. The third kappa shape index (κ3) is 3.97. The van der Waals surface area contributed by atoms with Crippen LogP contribution in [0.25, 0.3) is 0 Å². The first-order chi connectivity index (χ1) is 10.9. The molecule has 0 unspecified atom stereocenters. The molecule has 122 valence electrons. The zero-order valence-corrected chi connectivity index (χ0v) is 13.7. The predicted octanol–water partition coefficient (Wildman–Crippen LogP) is 1.32. The summed E-state index contributed by atoms with van der Waals surface area (Å²) in [4.78, 5) is 28.5. The van der Waals surface area contributed by atoms with Gasteiger partial charge in [0.2, 0.25) is 11.9 Å². The van der Waals surface area contributed by atoms with Crippen LogP contribution < -0.4 is 16.6 Å². The predicted molar refractivity (Wildman–Crippen MR) is 90.1 cm³/mol. The lowest BCUT2D eigenvalue weighted by atomic mass is 10.1. The van der Waals surface area contributed by atoms with E-state index in [0.29, 0.717) is 24.2 Å². The summed E-state index contributed by atoms with van der Waals surface area (Å²) in [5.74, 6) is -0.201. The number of rotatable bonds is 5. The Morgan fingerprint density at radius 3 is 2.52 bits per heavy atom. The summed E-state index contributed by atoms with van der Waals surface area (Å²) in [7, 11) is 0. The topological polar surface area (TPSA) is 90.0 Å². The number of carbonyl (C=O) groups is 1. The van der Waals surface area contributed by atoms with Crippen LogP contribution in [0.3, 0.4) is 0 Å². The van der Waals surface area contributed by atoms with E-state index in [4.69, 9.17) is 5.73 Å². The number of amides is 1. The van der Waals surface area contributed by atoms with Crippen LogP contribution >= 0.6 is 0 Å². The Kier molecular flexibility index (Phi) is 5.16. The molecule has 2 aromatic rings. The third-order valence-corrected chi connectivity index (χ3v) is 3.77. The second-order valence-corrected chi connectivity index (χ2v) is 5.55.